The largest absolute Gasteiger partial charge is 0.481 e. The Hall–Kier alpha value is -1.55. The number of likely N-dealkylation sites (tertiary alicyclic amines) is 1. The first-order valence-corrected chi connectivity index (χ1v) is 8.62. The molecule has 128 valence electrons. The van der Waals surface area contributed by atoms with Gasteiger partial charge in [0.1, 0.15) is 5.75 Å². The number of carbonyl (C=O) groups is 1. The van der Waals surface area contributed by atoms with E-state index in [1.54, 1.807) is 0 Å². The van der Waals surface area contributed by atoms with Gasteiger partial charge in [0.15, 0.2) is 6.10 Å². The fraction of sp³-hybridized carbons (Fsp3) is 0.632. The Morgan fingerprint density at radius 3 is 2.65 bits per heavy atom. The summed E-state index contributed by atoms with van der Waals surface area (Å²) in [5.74, 6) is 1.30. The number of rotatable bonds is 4. The lowest BCUT2D eigenvalue weighted by atomic mass is 9.98. The molecule has 0 aromatic heterocycles. The summed E-state index contributed by atoms with van der Waals surface area (Å²) in [6.45, 7) is 10.9. The lowest BCUT2D eigenvalue weighted by molar-refractivity contribution is -0.141. The van der Waals surface area contributed by atoms with Crippen molar-refractivity contribution in [3.8, 4) is 5.75 Å². The maximum absolute atomic E-state index is 12.7. The highest BCUT2D eigenvalue weighted by Gasteiger charge is 2.30. The minimum absolute atomic E-state index is 0.0544. The molecule has 1 aliphatic heterocycles. The van der Waals surface area contributed by atoms with Crippen molar-refractivity contribution in [2.75, 3.05) is 6.54 Å². The number of amides is 1. The van der Waals surface area contributed by atoms with Crippen LogP contribution in [0.4, 0.5) is 0 Å². The van der Waals surface area contributed by atoms with E-state index in [4.69, 9.17) is 10.5 Å². The van der Waals surface area contributed by atoms with Crippen molar-refractivity contribution >= 4 is 5.91 Å². The average molecular weight is 318 g/mol. The van der Waals surface area contributed by atoms with E-state index in [1.807, 2.05) is 18.7 Å². The summed E-state index contributed by atoms with van der Waals surface area (Å²) in [5.41, 5.74) is 8.27. The molecule has 1 fully saturated rings. The predicted octanol–water partition coefficient (Wildman–Crippen LogP) is 3.22. The zero-order valence-electron chi connectivity index (χ0n) is 15.0. The first-order chi connectivity index (χ1) is 10.8. The van der Waals surface area contributed by atoms with Gasteiger partial charge in [-0.15, -0.1) is 0 Å². The smallest absolute Gasteiger partial charge is 0.263 e. The third-order valence-electron chi connectivity index (χ3n) is 4.73. The van der Waals surface area contributed by atoms with Crippen LogP contribution in [0, 0.1) is 6.92 Å². The molecule has 1 amide bonds. The van der Waals surface area contributed by atoms with Crippen LogP contribution >= 0.6 is 0 Å². The van der Waals surface area contributed by atoms with Crippen molar-refractivity contribution in [3.63, 3.8) is 0 Å². The van der Waals surface area contributed by atoms with E-state index < -0.39 is 6.10 Å². The second-order valence-corrected chi connectivity index (χ2v) is 7.10. The Balaban J connectivity index is 2.08. The van der Waals surface area contributed by atoms with Gasteiger partial charge in [0.25, 0.3) is 5.91 Å². The molecule has 3 unspecified atom stereocenters. The van der Waals surface area contributed by atoms with E-state index in [1.165, 1.54) is 5.56 Å². The molecule has 1 aliphatic rings. The Morgan fingerprint density at radius 2 is 2.04 bits per heavy atom. The molecule has 1 saturated heterocycles. The molecule has 4 nitrogen and oxygen atoms in total. The van der Waals surface area contributed by atoms with Crippen LogP contribution in [0.25, 0.3) is 0 Å². The van der Waals surface area contributed by atoms with E-state index in [0.29, 0.717) is 5.92 Å². The molecule has 23 heavy (non-hydrogen) atoms. The van der Waals surface area contributed by atoms with E-state index in [9.17, 15) is 4.79 Å². The fourth-order valence-corrected chi connectivity index (χ4v) is 3.11. The Kier molecular flexibility index (Phi) is 5.69. The highest BCUT2D eigenvalue weighted by Crippen LogP contribution is 2.26. The van der Waals surface area contributed by atoms with Crippen LogP contribution in [0.1, 0.15) is 57.6 Å². The highest BCUT2D eigenvalue weighted by atomic mass is 16.5. The standard InChI is InChI=1S/C19H30N2O2/c1-12(2)16-7-6-13(3)18(11-16)23-15(5)19(22)21-9-8-17(20)10-14(21)4/h6-7,11-12,14-15,17H,8-10,20H2,1-5H3. The van der Waals surface area contributed by atoms with Crippen LogP contribution in [-0.4, -0.2) is 35.5 Å². The Labute approximate surface area is 140 Å². The molecular weight excluding hydrogens is 288 g/mol. The van der Waals surface area contributed by atoms with Gasteiger partial charge >= 0.3 is 0 Å². The van der Waals surface area contributed by atoms with Gasteiger partial charge < -0.3 is 15.4 Å². The molecular formula is C19H30N2O2. The van der Waals surface area contributed by atoms with Gasteiger partial charge in [-0.1, -0.05) is 26.0 Å². The van der Waals surface area contributed by atoms with Crippen LogP contribution in [0.2, 0.25) is 0 Å². The number of hydrogen-bond acceptors (Lipinski definition) is 3. The van der Waals surface area contributed by atoms with Crippen LogP contribution in [-0.2, 0) is 4.79 Å². The van der Waals surface area contributed by atoms with Gasteiger partial charge in [-0.25, -0.2) is 0 Å². The van der Waals surface area contributed by atoms with Gasteiger partial charge in [-0.3, -0.25) is 4.79 Å². The summed E-state index contributed by atoms with van der Waals surface area (Å²) < 4.78 is 6.00. The molecule has 4 heteroatoms. The topological polar surface area (TPSA) is 55.6 Å². The number of nitrogens with two attached hydrogens (primary N) is 1. The van der Waals surface area contributed by atoms with Crippen molar-refractivity contribution in [1.82, 2.24) is 4.90 Å². The van der Waals surface area contributed by atoms with Gasteiger partial charge in [0, 0.05) is 18.6 Å². The lowest BCUT2D eigenvalue weighted by Gasteiger charge is -2.37. The molecule has 1 aromatic rings. The van der Waals surface area contributed by atoms with Crippen molar-refractivity contribution in [3.05, 3.63) is 29.3 Å². The molecule has 0 saturated carbocycles. The van der Waals surface area contributed by atoms with Crippen LogP contribution in [0.3, 0.4) is 0 Å². The maximum atomic E-state index is 12.7. The second-order valence-electron chi connectivity index (χ2n) is 7.10. The molecule has 2 rings (SSSR count). The number of hydrogen-bond donors (Lipinski definition) is 1. The third-order valence-corrected chi connectivity index (χ3v) is 4.73. The first kappa shape index (κ1) is 17.8. The fourth-order valence-electron chi connectivity index (χ4n) is 3.11. The predicted molar refractivity (Wildman–Crippen MR) is 93.7 cm³/mol. The average Bonchev–Trinajstić information content (AvgIpc) is 2.48. The van der Waals surface area contributed by atoms with Gasteiger partial charge in [0.05, 0.1) is 0 Å². The number of aryl methyl sites for hydroxylation is 1. The van der Waals surface area contributed by atoms with Crippen molar-refractivity contribution in [1.29, 1.82) is 0 Å². The first-order valence-electron chi connectivity index (χ1n) is 8.62. The molecule has 2 N–H and O–H groups in total. The Morgan fingerprint density at radius 1 is 1.35 bits per heavy atom. The minimum atomic E-state index is -0.479. The van der Waals surface area contributed by atoms with Crippen LogP contribution < -0.4 is 10.5 Å². The molecule has 0 aliphatic carbocycles. The van der Waals surface area contributed by atoms with E-state index in [-0.39, 0.29) is 18.0 Å². The van der Waals surface area contributed by atoms with Gasteiger partial charge in [-0.05, 0) is 56.7 Å². The maximum Gasteiger partial charge on any atom is 0.263 e. The summed E-state index contributed by atoms with van der Waals surface area (Å²) in [6, 6.07) is 6.62. The minimum Gasteiger partial charge on any atom is -0.481 e. The number of carbonyl (C=O) groups excluding carboxylic acids is 1. The number of piperidine rings is 1. The van der Waals surface area contributed by atoms with E-state index in [2.05, 4.69) is 39.0 Å². The van der Waals surface area contributed by atoms with Crippen LogP contribution in [0.5, 0.6) is 5.75 Å². The molecule has 1 heterocycles. The van der Waals surface area contributed by atoms with E-state index >= 15 is 0 Å². The SMILES string of the molecule is Cc1ccc(C(C)C)cc1OC(C)C(=O)N1CCC(N)CC1C. The zero-order chi connectivity index (χ0) is 17.1. The van der Waals surface area contributed by atoms with Gasteiger partial charge in [-0.2, -0.15) is 0 Å². The summed E-state index contributed by atoms with van der Waals surface area (Å²) in [7, 11) is 0. The van der Waals surface area contributed by atoms with E-state index in [0.717, 1.165) is 30.7 Å². The number of ether oxygens (including phenoxy) is 1. The quantitative estimate of drug-likeness (QED) is 0.927. The molecule has 3 atom stereocenters. The summed E-state index contributed by atoms with van der Waals surface area (Å²) >= 11 is 0. The third kappa shape index (κ3) is 4.25. The van der Waals surface area contributed by atoms with Crippen molar-refractivity contribution < 1.29 is 9.53 Å². The zero-order valence-corrected chi connectivity index (χ0v) is 15.0. The summed E-state index contributed by atoms with van der Waals surface area (Å²) in [5, 5.41) is 0. The van der Waals surface area contributed by atoms with Crippen LogP contribution in [0.15, 0.2) is 18.2 Å². The van der Waals surface area contributed by atoms with Crippen molar-refractivity contribution in [2.45, 2.75) is 71.6 Å². The monoisotopic (exact) mass is 318 g/mol. The molecule has 0 radical (unpaired) electrons. The molecule has 0 bridgehead atoms. The normalized spacial score (nSPS) is 23.0. The van der Waals surface area contributed by atoms with Gasteiger partial charge in [0.2, 0.25) is 0 Å². The van der Waals surface area contributed by atoms with Crippen molar-refractivity contribution in [2.24, 2.45) is 5.73 Å². The number of nitrogens with zero attached hydrogens (tertiary/aromatic N) is 1. The summed E-state index contributed by atoms with van der Waals surface area (Å²) in [6.07, 6.45) is 1.25. The highest BCUT2D eigenvalue weighted by molar-refractivity contribution is 5.81. The molecule has 1 aromatic carbocycles. The lowest BCUT2D eigenvalue weighted by Crippen LogP contribution is -2.52. The Bertz CT molecular complexity index is 556. The summed E-state index contributed by atoms with van der Waals surface area (Å²) in [4.78, 5) is 14.6. The molecule has 0 spiro atoms. The second kappa shape index (κ2) is 7.35. The number of benzene rings is 1.